The highest BCUT2D eigenvalue weighted by molar-refractivity contribution is 5.81. The van der Waals surface area contributed by atoms with Crippen LogP contribution in [0.15, 0.2) is 53.3 Å². The molecule has 3 aromatic rings. The van der Waals surface area contributed by atoms with Crippen LogP contribution in [0, 0.1) is 0 Å². The maximum Gasteiger partial charge on any atom is 0.303 e. The number of nitrogens with zero attached hydrogens (tertiary/aromatic N) is 2. The van der Waals surface area contributed by atoms with Crippen molar-refractivity contribution in [3.63, 3.8) is 0 Å². The Kier molecular flexibility index (Phi) is 6.01. The van der Waals surface area contributed by atoms with E-state index in [4.69, 9.17) is 10.1 Å². The molecule has 0 fully saturated rings. The fourth-order valence-corrected chi connectivity index (χ4v) is 3.38. The lowest BCUT2D eigenvalue weighted by Gasteiger charge is -2.15. The van der Waals surface area contributed by atoms with E-state index < -0.39 is 5.97 Å². The van der Waals surface area contributed by atoms with Crippen molar-refractivity contribution in [1.29, 1.82) is 0 Å². The lowest BCUT2D eigenvalue weighted by molar-refractivity contribution is -0.137. The second-order valence-electron chi connectivity index (χ2n) is 6.67. The molecule has 0 aliphatic heterocycles. The zero-order valence-corrected chi connectivity index (χ0v) is 15.5. The van der Waals surface area contributed by atoms with Gasteiger partial charge in [-0.3, -0.25) is 14.2 Å². The summed E-state index contributed by atoms with van der Waals surface area (Å²) >= 11 is 0. The Labute approximate surface area is 158 Å². The summed E-state index contributed by atoms with van der Waals surface area (Å²) in [6.07, 6.45) is 3.77. The molecule has 0 bridgehead atoms. The maximum absolute atomic E-state index is 13.4. The third-order valence-corrected chi connectivity index (χ3v) is 4.63. The lowest BCUT2D eigenvalue weighted by atomic mass is 10.0. The summed E-state index contributed by atoms with van der Waals surface area (Å²) < 4.78 is 1.71. The van der Waals surface area contributed by atoms with Crippen molar-refractivity contribution in [2.24, 2.45) is 0 Å². The number of rotatable bonds is 8. The van der Waals surface area contributed by atoms with Crippen molar-refractivity contribution in [2.45, 2.75) is 45.4 Å². The molecule has 5 heteroatoms. The van der Waals surface area contributed by atoms with Gasteiger partial charge < -0.3 is 5.11 Å². The van der Waals surface area contributed by atoms with Gasteiger partial charge in [0, 0.05) is 12.8 Å². The molecular formula is C22H24N2O3. The molecule has 3 rings (SSSR count). The Morgan fingerprint density at radius 1 is 1.04 bits per heavy atom. The molecule has 0 radical (unpaired) electrons. The van der Waals surface area contributed by atoms with Gasteiger partial charge in [0.2, 0.25) is 0 Å². The topological polar surface area (TPSA) is 72.2 Å². The maximum atomic E-state index is 13.4. The second-order valence-corrected chi connectivity index (χ2v) is 6.67. The highest BCUT2D eigenvalue weighted by Crippen LogP contribution is 2.19. The third kappa shape index (κ3) is 4.25. The van der Waals surface area contributed by atoms with E-state index in [9.17, 15) is 9.59 Å². The van der Waals surface area contributed by atoms with Crippen molar-refractivity contribution in [2.75, 3.05) is 0 Å². The van der Waals surface area contributed by atoms with Gasteiger partial charge in [0.25, 0.3) is 5.56 Å². The predicted molar refractivity (Wildman–Crippen MR) is 107 cm³/mol. The number of benzene rings is 2. The number of hydrogen-bond acceptors (Lipinski definition) is 3. The fraction of sp³-hybridized carbons (Fsp3) is 0.318. The summed E-state index contributed by atoms with van der Waals surface area (Å²) in [5, 5.41) is 9.44. The summed E-state index contributed by atoms with van der Waals surface area (Å²) in [5.41, 5.74) is 2.42. The van der Waals surface area contributed by atoms with Gasteiger partial charge in [-0.2, -0.15) is 0 Å². The van der Waals surface area contributed by atoms with E-state index in [2.05, 4.69) is 6.92 Å². The van der Waals surface area contributed by atoms with Crippen LogP contribution in [0.5, 0.6) is 0 Å². The zero-order chi connectivity index (χ0) is 19.2. The van der Waals surface area contributed by atoms with Crippen LogP contribution in [0.3, 0.4) is 0 Å². The molecule has 0 atom stereocenters. The Morgan fingerprint density at radius 3 is 2.52 bits per heavy atom. The third-order valence-electron chi connectivity index (χ3n) is 4.63. The van der Waals surface area contributed by atoms with Crippen LogP contribution in [0.1, 0.15) is 44.0 Å². The van der Waals surface area contributed by atoms with E-state index in [1.807, 2.05) is 48.5 Å². The summed E-state index contributed by atoms with van der Waals surface area (Å²) in [7, 11) is 0. The summed E-state index contributed by atoms with van der Waals surface area (Å²) in [6.45, 7) is 2.07. The van der Waals surface area contributed by atoms with E-state index in [0.29, 0.717) is 23.7 Å². The van der Waals surface area contributed by atoms with Crippen LogP contribution in [0.2, 0.25) is 0 Å². The van der Waals surface area contributed by atoms with E-state index in [-0.39, 0.29) is 12.0 Å². The van der Waals surface area contributed by atoms with Crippen LogP contribution in [0.4, 0.5) is 0 Å². The van der Waals surface area contributed by atoms with Gasteiger partial charge >= 0.3 is 5.97 Å². The van der Waals surface area contributed by atoms with Gasteiger partial charge in [0.15, 0.2) is 0 Å². The molecule has 0 aliphatic rings. The molecule has 0 amide bonds. The van der Waals surface area contributed by atoms with Gasteiger partial charge in [-0.15, -0.1) is 0 Å². The quantitative estimate of drug-likeness (QED) is 0.610. The van der Waals surface area contributed by atoms with Crippen LogP contribution in [0.25, 0.3) is 16.6 Å². The summed E-state index contributed by atoms with van der Waals surface area (Å²) in [4.78, 5) is 28.9. The standard InChI is InChI=1S/C22H24N2O3/c1-2-9-19-23-18-14-8-11-16(10-6-7-15-20(25)26)21(18)22(27)24(19)17-12-4-3-5-13-17/h3-5,8,11-14H,2,6-7,9-10,15H2,1H3,(H,25,26). The number of carbonyl (C=O) groups is 1. The predicted octanol–water partition coefficient (Wildman–Crippen LogP) is 4.14. The van der Waals surface area contributed by atoms with Gasteiger partial charge in [-0.1, -0.05) is 37.3 Å². The first kappa shape index (κ1) is 18.8. The van der Waals surface area contributed by atoms with Crippen LogP contribution in [-0.2, 0) is 17.6 Å². The molecule has 140 valence electrons. The number of carboxylic acid groups (broad SMARTS) is 1. The minimum atomic E-state index is -0.787. The molecular weight excluding hydrogens is 340 g/mol. The lowest BCUT2D eigenvalue weighted by Crippen LogP contribution is -2.24. The Hall–Kier alpha value is -2.95. The first-order chi connectivity index (χ1) is 13.1. The molecule has 0 spiro atoms. The van der Waals surface area contributed by atoms with Crippen molar-refractivity contribution >= 4 is 16.9 Å². The van der Waals surface area contributed by atoms with Crippen LogP contribution < -0.4 is 5.56 Å². The van der Waals surface area contributed by atoms with Gasteiger partial charge in [0.05, 0.1) is 16.6 Å². The largest absolute Gasteiger partial charge is 0.481 e. The molecule has 1 N–H and O–H groups in total. The monoisotopic (exact) mass is 364 g/mol. The van der Waals surface area contributed by atoms with E-state index in [1.165, 1.54) is 0 Å². The number of aromatic nitrogens is 2. The Morgan fingerprint density at radius 2 is 1.81 bits per heavy atom. The van der Waals surface area contributed by atoms with Crippen molar-refractivity contribution < 1.29 is 9.90 Å². The fourth-order valence-electron chi connectivity index (χ4n) is 3.38. The molecule has 0 aliphatic carbocycles. The number of unbranched alkanes of at least 4 members (excludes halogenated alkanes) is 1. The molecule has 1 heterocycles. The highest BCUT2D eigenvalue weighted by Gasteiger charge is 2.15. The van der Waals surface area contributed by atoms with Crippen molar-refractivity contribution in [3.05, 3.63) is 70.3 Å². The SMILES string of the molecule is CCCc1nc2cccc(CCCCC(=O)O)c2c(=O)n1-c1ccccc1. The molecule has 0 unspecified atom stereocenters. The van der Waals surface area contributed by atoms with E-state index in [0.717, 1.165) is 36.3 Å². The highest BCUT2D eigenvalue weighted by atomic mass is 16.4. The first-order valence-electron chi connectivity index (χ1n) is 9.42. The van der Waals surface area contributed by atoms with E-state index >= 15 is 0 Å². The van der Waals surface area contributed by atoms with Crippen molar-refractivity contribution in [3.8, 4) is 5.69 Å². The van der Waals surface area contributed by atoms with Gasteiger partial charge in [-0.05, 0) is 49.4 Å². The average Bonchev–Trinajstić information content (AvgIpc) is 2.66. The number of hydrogen-bond donors (Lipinski definition) is 1. The molecule has 0 saturated carbocycles. The van der Waals surface area contributed by atoms with Crippen LogP contribution in [-0.4, -0.2) is 20.6 Å². The first-order valence-corrected chi connectivity index (χ1v) is 9.42. The number of fused-ring (bicyclic) bond motifs is 1. The summed E-state index contributed by atoms with van der Waals surface area (Å²) in [6, 6.07) is 15.3. The van der Waals surface area contributed by atoms with Crippen molar-refractivity contribution in [1.82, 2.24) is 9.55 Å². The number of aryl methyl sites for hydroxylation is 2. The number of aliphatic carboxylic acids is 1. The Balaban J connectivity index is 2.09. The molecule has 1 aromatic heterocycles. The number of carboxylic acids is 1. The minimum absolute atomic E-state index is 0.0523. The molecule has 27 heavy (non-hydrogen) atoms. The van der Waals surface area contributed by atoms with Crippen LogP contribution >= 0.6 is 0 Å². The zero-order valence-electron chi connectivity index (χ0n) is 15.5. The van der Waals surface area contributed by atoms with Gasteiger partial charge in [-0.25, -0.2) is 4.98 Å². The molecule has 0 saturated heterocycles. The smallest absolute Gasteiger partial charge is 0.303 e. The Bertz CT molecular complexity index is 994. The average molecular weight is 364 g/mol. The number of para-hydroxylation sites is 1. The van der Waals surface area contributed by atoms with Gasteiger partial charge in [0.1, 0.15) is 5.82 Å². The minimum Gasteiger partial charge on any atom is -0.481 e. The summed E-state index contributed by atoms with van der Waals surface area (Å²) in [5.74, 6) is -0.0190. The molecule has 2 aromatic carbocycles. The second kappa shape index (κ2) is 8.62. The normalized spacial score (nSPS) is 11.0. The van der Waals surface area contributed by atoms with E-state index in [1.54, 1.807) is 4.57 Å². The molecule has 5 nitrogen and oxygen atoms in total.